The van der Waals surface area contributed by atoms with Crippen molar-refractivity contribution in [3.8, 4) is 0 Å². The molecular formula is C36H56O8. The van der Waals surface area contributed by atoms with Gasteiger partial charge in [-0.1, -0.05) is 27.7 Å². The molecule has 0 bridgehead atoms. The lowest BCUT2D eigenvalue weighted by Gasteiger charge is -2.65. The fraction of sp³-hybridized carbons (Fsp3) is 0.917. The van der Waals surface area contributed by atoms with Gasteiger partial charge in [-0.2, -0.15) is 0 Å². The first-order valence-corrected chi connectivity index (χ1v) is 17.1. The van der Waals surface area contributed by atoms with Gasteiger partial charge in [-0.15, -0.1) is 0 Å². The standard InChI is InChI=1S/C36H56O8/c1-21(38)42-24-16-26-33(8)17-25(43-22(2)39)29(34(9)12-11-27(44-34)31(5,6)40)32(33,7)14-15-35(26)19-36(35)13-10-23(18-41-20-37)30(3,4)28(24)36/h20,23-29,40H,10-19H2,1-9H3/t23-,24+,25+,26+,27+,28+,29+,32-,33+,34-,35+,36?/m1/s1. The Labute approximate surface area is 263 Å². The zero-order valence-electron chi connectivity index (χ0n) is 28.5. The fourth-order valence-electron chi connectivity index (χ4n) is 13.2. The third-order valence-corrected chi connectivity index (χ3v) is 15.0. The van der Waals surface area contributed by atoms with Gasteiger partial charge in [0.1, 0.15) is 12.2 Å². The van der Waals surface area contributed by atoms with Gasteiger partial charge in [0.2, 0.25) is 0 Å². The van der Waals surface area contributed by atoms with Crippen molar-refractivity contribution in [2.75, 3.05) is 6.61 Å². The molecule has 0 aromatic heterocycles. The molecule has 0 aromatic carbocycles. The third kappa shape index (κ3) is 4.24. The van der Waals surface area contributed by atoms with Crippen molar-refractivity contribution >= 4 is 18.4 Å². The van der Waals surface area contributed by atoms with E-state index < -0.39 is 11.2 Å². The molecule has 6 rings (SSSR count). The smallest absolute Gasteiger partial charge is 0.302 e. The van der Waals surface area contributed by atoms with Crippen LogP contribution in [0.3, 0.4) is 0 Å². The second-order valence-electron chi connectivity index (χ2n) is 17.7. The van der Waals surface area contributed by atoms with Crippen molar-refractivity contribution < 1.29 is 38.4 Å². The molecule has 0 amide bonds. The zero-order chi connectivity index (χ0) is 32.3. The lowest BCUT2D eigenvalue weighted by Crippen LogP contribution is -2.62. The van der Waals surface area contributed by atoms with Crippen LogP contribution in [0.1, 0.15) is 120 Å². The molecule has 0 radical (unpaired) electrons. The number of ether oxygens (including phenoxy) is 4. The second-order valence-corrected chi connectivity index (χ2v) is 17.7. The van der Waals surface area contributed by atoms with E-state index in [1.165, 1.54) is 13.8 Å². The summed E-state index contributed by atoms with van der Waals surface area (Å²) in [7, 11) is 0. The van der Waals surface area contributed by atoms with Gasteiger partial charge >= 0.3 is 11.9 Å². The summed E-state index contributed by atoms with van der Waals surface area (Å²) < 4.78 is 24.7. The normalized spacial score (nSPS) is 50.4. The molecule has 0 aromatic rings. The summed E-state index contributed by atoms with van der Waals surface area (Å²) in [6.07, 6.45) is 7.69. The minimum Gasteiger partial charge on any atom is -0.468 e. The number of hydrogen-bond donors (Lipinski definition) is 1. The summed E-state index contributed by atoms with van der Waals surface area (Å²) in [5.41, 5.74) is -1.75. The van der Waals surface area contributed by atoms with Gasteiger partial charge < -0.3 is 24.1 Å². The lowest BCUT2D eigenvalue weighted by molar-refractivity contribution is -0.217. The monoisotopic (exact) mass is 616 g/mol. The predicted octanol–water partition coefficient (Wildman–Crippen LogP) is 6.01. The van der Waals surface area contributed by atoms with E-state index in [0.29, 0.717) is 19.0 Å². The maximum atomic E-state index is 12.7. The van der Waals surface area contributed by atoms with Crippen LogP contribution < -0.4 is 0 Å². The Morgan fingerprint density at radius 1 is 0.886 bits per heavy atom. The molecule has 1 aliphatic heterocycles. The average molecular weight is 617 g/mol. The molecule has 1 unspecified atom stereocenters. The molecule has 44 heavy (non-hydrogen) atoms. The number of rotatable bonds is 7. The molecule has 5 saturated carbocycles. The van der Waals surface area contributed by atoms with Gasteiger partial charge in [0, 0.05) is 25.7 Å². The van der Waals surface area contributed by atoms with E-state index in [0.717, 1.165) is 57.8 Å². The number of aliphatic hydroxyl groups is 1. The maximum absolute atomic E-state index is 12.7. The number of hydrogen-bond acceptors (Lipinski definition) is 8. The van der Waals surface area contributed by atoms with Crippen molar-refractivity contribution in [3.63, 3.8) is 0 Å². The summed E-state index contributed by atoms with van der Waals surface area (Å²) in [6, 6.07) is 0. The molecule has 6 aliphatic rings. The van der Waals surface area contributed by atoms with E-state index in [1.807, 2.05) is 13.8 Å². The summed E-state index contributed by atoms with van der Waals surface area (Å²) in [5.74, 6) is 0.208. The van der Waals surface area contributed by atoms with E-state index in [1.54, 1.807) is 0 Å². The molecular weight excluding hydrogens is 560 g/mol. The molecule has 8 heteroatoms. The van der Waals surface area contributed by atoms with Gasteiger partial charge in [-0.05, 0) is 117 Å². The maximum Gasteiger partial charge on any atom is 0.302 e. The van der Waals surface area contributed by atoms with Crippen molar-refractivity contribution in [3.05, 3.63) is 0 Å². The molecule has 1 heterocycles. The predicted molar refractivity (Wildman–Crippen MR) is 163 cm³/mol. The van der Waals surface area contributed by atoms with E-state index in [2.05, 4.69) is 34.6 Å². The first-order chi connectivity index (χ1) is 20.3. The Morgan fingerprint density at radius 2 is 1.55 bits per heavy atom. The van der Waals surface area contributed by atoms with Gasteiger partial charge in [0.25, 0.3) is 6.47 Å². The van der Waals surface area contributed by atoms with Crippen LogP contribution in [-0.2, 0) is 33.3 Å². The molecule has 12 atom stereocenters. The van der Waals surface area contributed by atoms with E-state index >= 15 is 0 Å². The van der Waals surface area contributed by atoms with Crippen molar-refractivity contribution in [2.45, 2.75) is 150 Å². The molecule has 248 valence electrons. The molecule has 8 nitrogen and oxygen atoms in total. The quantitative estimate of drug-likeness (QED) is 0.211. The summed E-state index contributed by atoms with van der Waals surface area (Å²) in [5, 5.41) is 10.9. The summed E-state index contributed by atoms with van der Waals surface area (Å²) >= 11 is 0. The minimum atomic E-state index is -0.952. The number of fused-ring (bicyclic) bond motifs is 2. The average Bonchev–Trinajstić information content (AvgIpc) is 3.23. The van der Waals surface area contributed by atoms with Gasteiger partial charge in [0.15, 0.2) is 0 Å². The molecule has 5 aliphatic carbocycles. The van der Waals surface area contributed by atoms with Crippen LogP contribution >= 0.6 is 0 Å². The highest BCUT2D eigenvalue weighted by atomic mass is 16.6. The SMILES string of the molecule is CC(=O)O[C@H]1C[C@@]2(C)[C@@H]3C[C@H](OC(C)=O)[C@H]4C(C)(C)[C@@H](COC=O)CCC45C[C@@]35CC[C@]2(C)[C@H]1[C@@]1(C)CC[C@@H](C(C)(C)O)O1. The van der Waals surface area contributed by atoms with Crippen LogP contribution in [0.2, 0.25) is 0 Å². The number of carbonyl (C=O) groups excluding carboxylic acids is 3. The van der Waals surface area contributed by atoms with E-state index in [4.69, 9.17) is 18.9 Å². The van der Waals surface area contributed by atoms with Crippen LogP contribution in [-0.4, -0.2) is 59.6 Å². The first-order valence-electron chi connectivity index (χ1n) is 17.1. The Kier molecular flexibility index (Phi) is 7.28. The summed E-state index contributed by atoms with van der Waals surface area (Å²) in [4.78, 5) is 36.4. The minimum absolute atomic E-state index is 0.0131. The second kappa shape index (κ2) is 9.92. The fourth-order valence-corrected chi connectivity index (χ4v) is 13.2. The van der Waals surface area contributed by atoms with Crippen molar-refractivity contribution in [2.24, 2.45) is 50.7 Å². The van der Waals surface area contributed by atoms with Crippen LogP contribution in [0.4, 0.5) is 0 Å². The largest absolute Gasteiger partial charge is 0.468 e. The third-order valence-electron chi connectivity index (χ3n) is 15.0. The Bertz CT molecular complexity index is 1210. The highest BCUT2D eigenvalue weighted by Crippen LogP contribution is 2.89. The number of carbonyl (C=O) groups is 3. The Morgan fingerprint density at radius 3 is 2.14 bits per heavy atom. The van der Waals surface area contributed by atoms with Crippen molar-refractivity contribution in [1.29, 1.82) is 0 Å². The topological polar surface area (TPSA) is 108 Å². The molecule has 6 fully saturated rings. The van der Waals surface area contributed by atoms with E-state index in [9.17, 15) is 19.5 Å². The lowest BCUT2D eigenvalue weighted by atomic mass is 9.40. The number of esters is 2. The Hall–Kier alpha value is -1.67. The highest BCUT2D eigenvalue weighted by molar-refractivity contribution is 5.66. The molecule has 1 saturated heterocycles. The van der Waals surface area contributed by atoms with Crippen LogP contribution in [0.5, 0.6) is 0 Å². The highest BCUT2D eigenvalue weighted by Gasteiger charge is 2.85. The van der Waals surface area contributed by atoms with Gasteiger partial charge in [-0.3, -0.25) is 14.4 Å². The van der Waals surface area contributed by atoms with E-state index in [-0.39, 0.29) is 75.1 Å². The van der Waals surface area contributed by atoms with Crippen LogP contribution in [0.15, 0.2) is 0 Å². The molecule has 1 N–H and O–H groups in total. The summed E-state index contributed by atoms with van der Waals surface area (Å²) in [6.45, 7) is 19.3. The van der Waals surface area contributed by atoms with Crippen LogP contribution in [0, 0.1) is 50.7 Å². The Balaban J connectivity index is 1.41. The van der Waals surface area contributed by atoms with Gasteiger partial charge in [-0.25, -0.2) is 0 Å². The van der Waals surface area contributed by atoms with Crippen LogP contribution in [0.25, 0.3) is 0 Å². The van der Waals surface area contributed by atoms with Gasteiger partial charge in [0.05, 0.1) is 23.9 Å². The molecule has 2 spiro atoms. The van der Waals surface area contributed by atoms with Crippen molar-refractivity contribution in [1.82, 2.24) is 0 Å². The zero-order valence-corrected chi connectivity index (χ0v) is 28.5. The first kappa shape index (κ1) is 32.3.